The third-order valence-corrected chi connectivity index (χ3v) is 2.66. The standard InChI is InChI=1S/C13H15N3O2/c1-3-11(17)14-13-12(18)9(2)16(15-13)10-7-5-4-6-8-10/h4-8,18H,3H2,1-2H3,(H,14,15,17). The van der Waals surface area contributed by atoms with Gasteiger partial charge in [0.1, 0.15) is 0 Å². The number of carbonyl (C=O) groups is 1. The number of aromatic hydroxyl groups is 1. The first-order valence-electron chi connectivity index (χ1n) is 5.77. The summed E-state index contributed by atoms with van der Waals surface area (Å²) in [5.41, 5.74) is 1.43. The molecule has 0 fully saturated rings. The highest BCUT2D eigenvalue weighted by molar-refractivity contribution is 5.91. The van der Waals surface area contributed by atoms with Gasteiger partial charge in [-0.1, -0.05) is 25.1 Å². The molecule has 0 spiro atoms. The van der Waals surface area contributed by atoms with E-state index in [9.17, 15) is 9.90 Å². The van der Waals surface area contributed by atoms with E-state index >= 15 is 0 Å². The summed E-state index contributed by atoms with van der Waals surface area (Å²) in [7, 11) is 0. The summed E-state index contributed by atoms with van der Waals surface area (Å²) in [4.78, 5) is 11.3. The Labute approximate surface area is 105 Å². The van der Waals surface area contributed by atoms with Gasteiger partial charge in [-0.15, -0.1) is 5.10 Å². The lowest BCUT2D eigenvalue weighted by molar-refractivity contribution is -0.115. The second kappa shape index (κ2) is 4.91. The number of rotatable bonds is 3. The molecule has 0 saturated heterocycles. The smallest absolute Gasteiger partial charge is 0.225 e. The second-order valence-electron chi connectivity index (χ2n) is 3.93. The van der Waals surface area contributed by atoms with E-state index < -0.39 is 0 Å². The van der Waals surface area contributed by atoms with Gasteiger partial charge in [0.15, 0.2) is 11.6 Å². The number of benzene rings is 1. The van der Waals surface area contributed by atoms with Crippen molar-refractivity contribution >= 4 is 11.7 Å². The molecule has 0 bridgehead atoms. The quantitative estimate of drug-likeness (QED) is 0.871. The van der Waals surface area contributed by atoms with Crippen molar-refractivity contribution in [3.63, 3.8) is 0 Å². The summed E-state index contributed by atoms with van der Waals surface area (Å²) in [6.45, 7) is 3.49. The molecule has 0 atom stereocenters. The molecular weight excluding hydrogens is 230 g/mol. The molecule has 5 heteroatoms. The monoisotopic (exact) mass is 245 g/mol. The minimum Gasteiger partial charge on any atom is -0.503 e. The van der Waals surface area contributed by atoms with Crippen LogP contribution in [0.4, 0.5) is 5.82 Å². The average molecular weight is 245 g/mol. The van der Waals surface area contributed by atoms with Crippen LogP contribution in [-0.4, -0.2) is 20.8 Å². The highest BCUT2D eigenvalue weighted by atomic mass is 16.3. The van der Waals surface area contributed by atoms with Crippen molar-refractivity contribution in [3.8, 4) is 11.4 Å². The number of anilines is 1. The summed E-state index contributed by atoms with van der Waals surface area (Å²) >= 11 is 0. The van der Waals surface area contributed by atoms with E-state index in [1.54, 1.807) is 18.5 Å². The molecule has 1 aromatic carbocycles. The zero-order valence-electron chi connectivity index (χ0n) is 10.3. The summed E-state index contributed by atoms with van der Waals surface area (Å²) in [6.07, 6.45) is 0.344. The minimum absolute atomic E-state index is 0.000605. The third kappa shape index (κ3) is 2.20. The summed E-state index contributed by atoms with van der Waals surface area (Å²) in [5.74, 6) is 0.0202. The van der Waals surface area contributed by atoms with Crippen LogP contribution < -0.4 is 5.32 Å². The Bertz CT molecular complexity index is 561. The lowest BCUT2D eigenvalue weighted by Crippen LogP contribution is -2.10. The molecule has 0 unspecified atom stereocenters. The van der Waals surface area contributed by atoms with Crippen molar-refractivity contribution in [1.29, 1.82) is 0 Å². The average Bonchev–Trinajstić information content (AvgIpc) is 2.68. The van der Waals surface area contributed by atoms with Crippen LogP contribution in [0.3, 0.4) is 0 Å². The molecule has 2 N–H and O–H groups in total. The van der Waals surface area contributed by atoms with Gasteiger partial charge in [-0.2, -0.15) is 0 Å². The first kappa shape index (κ1) is 12.2. The number of amides is 1. The lowest BCUT2D eigenvalue weighted by atomic mass is 10.3. The maximum absolute atomic E-state index is 11.3. The second-order valence-corrected chi connectivity index (χ2v) is 3.93. The summed E-state index contributed by atoms with van der Waals surface area (Å²) in [6, 6.07) is 9.44. The fourth-order valence-corrected chi connectivity index (χ4v) is 1.62. The molecule has 0 aliphatic carbocycles. The topological polar surface area (TPSA) is 67.2 Å². The van der Waals surface area contributed by atoms with E-state index in [2.05, 4.69) is 10.4 Å². The largest absolute Gasteiger partial charge is 0.503 e. The molecule has 1 amide bonds. The first-order chi connectivity index (χ1) is 8.63. The molecule has 18 heavy (non-hydrogen) atoms. The molecular formula is C13H15N3O2. The number of carbonyl (C=O) groups excluding carboxylic acids is 1. The summed E-state index contributed by atoms with van der Waals surface area (Å²) in [5, 5.41) is 16.7. The molecule has 0 aliphatic rings. The Balaban J connectivity index is 2.40. The zero-order chi connectivity index (χ0) is 13.1. The predicted octanol–water partition coefficient (Wildman–Crippen LogP) is 2.23. The van der Waals surface area contributed by atoms with Crippen LogP contribution in [0, 0.1) is 6.92 Å². The highest BCUT2D eigenvalue weighted by Gasteiger charge is 2.15. The number of hydrogen-bond acceptors (Lipinski definition) is 3. The van der Waals surface area contributed by atoms with E-state index in [-0.39, 0.29) is 17.5 Å². The Morgan fingerprint density at radius 3 is 2.67 bits per heavy atom. The van der Waals surface area contributed by atoms with Crippen LogP contribution in [0.15, 0.2) is 30.3 Å². The van der Waals surface area contributed by atoms with E-state index in [1.807, 2.05) is 30.3 Å². The molecule has 1 heterocycles. The third-order valence-electron chi connectivity index (χ3n) is 2.66. The minimum atomic E-state index is -0.178. The SMILES string of the molecule is CCC(=O)Nc1nn(-c2ccccc2)c(C)c1O. The molecule has 2 rings (SSSR count). The van der Waals surface area contributed by atoms with Crippen LogP contribution in [0.5, 0.6) is 5.75 Å². The van der Waals surface area contributed by atoms with Gasteiger partial charge < -0.3 is 10.4 Å². The van der Waals surface area contributed by atoms with Crippen LogP contribution in [0.1, 0.15) is 19.0 Å². The molecule has 1 aromatic heterocycles. The van der Waals surface area contributed by atoms with E-state index in [1.165, 1.54) is 0 Å². The van der Waals surface area contributed by atoms with Crippen molar-refractivity contribution in [2.75, 3.05) is 5.32 Å². The normalized spacial score (nSPS) is 10.3. The Morgan fingerprint density at radius 2 is 2.06 bits per heavy atom. The predicted molar refractivity (Wildman–Crippen MR) is 68.9 cm³/mol. The Kier molecular flexibility index (Phi) is 3.32. The molecule has 0 saturated carbocycles. The lowest BCUT2D eigenvalue weighted by Gasteiger charge is -2.02. The number of aromatic nitrogens is 2. The van der Waals surface area contributed by atoms with Gasteiger partial charge in [0.05, 0.1) is 11.4 Å². The van der Waals surface area contributed by atoms with Gasteiger partial charge in [-0.25, -0.2) is 4.68 Å². The van der Waals surface area contributed by atoms with Gasteiger partial charge in [-0.3, -0.25) is 4.79 Å². The maximum atomic E-state index is 11.3. The van der Waals surface area contributed by atoms with Crippen molar-refractivity contribution in [2.45, 2.75) is 20.3 Å². The number of para-hydroxylation sites is 1. The number of nitrogens with one attached hydrogen (secondary N) is 1. The fraction of sp³-hybridized carbons (Fsp3) is 0.231. The van der Waals surface area contributed by atoms with E-state index in [4.69, 9.17) is 0 Å². The molecule has 0 aliphatic heterocycles. The Hall–Kier alpha value is -2.30. The Morgan fingerprint density at radius 1 is 1.39 bits per heavy atom. The van der Waals surface area contributed by atoms with Crippen LogP contribution in [0.25, 0.3) is 5.69 Å². The fourth-order valence-electron chi connectivity index (χ4n) is 1.62. The van der Waals surface area contributed by atoms with Gasteiger partial charge in [0.25, 0.3) is 0 Å². The summed E-state index contributed by atoms with van der Waals surface area (Å²) < 4.78 is 1.60. The van der Waals surface area contributed by atoms with Gasteiger partial charge >= 0.3 is 0 Å². The van der Waals surface area contributed by atoms with Crippen molar-refractivity contribution < 1.29 is 9.90 Å². The van der Waals surface area contributed by atoms with E-state index in [0.29, 0.717) is 12.1 Å². The van der Waals surface area contributed by atoms with Crippen LogP contribution in [0.2, 0.25) is 0 Å². The van der Waals surface area contributed by atoms with Crippen molar-refractivity contribution in [2.24, 2.45) is 0 Å². The highest BCUT2D eigenvalue weighted by Crippen LogP contribution is 2.28. The van der Waals surface area contributed by atoms with Gasteiger partial charge in [0.2, 0.25) is 5.91 Å². The van der Waals surface area contributed by atoms with Crippen molar-refractivity contribution in [1.82, 2.24) is 9.78 Å². The molecule has 5 nitrogen and oxygen atoms in total. The number of nitrogens with zero attached hydrogens (tertiary/aromatic N) is 2. The van der Waals surface area contributed by atoms with Crippen molar-refractivity contribution in [3.05, 3.63) is 36.0 Å². The molecule has 94 valence electrons. The van der Waals surface area contributed by atoms with E-state index in [0.717, 1.165) is 5.69 Å². The zero-order valence-corrected chi connectivity index (χ0v) is 10.3. The number of hydrogen-bond donors (Lipinski definition) is 2. The van der Waals surface area contributed by atoms with Crippen LogP contribution in [-0.2, 0) is 4.79 Å². The molecule has 0 radical (unpaired) electrons. The molecule has 2 aromatic rings. The first-order valence-corrected chi connectivity index (χ1v) is 5.77. The van der Waals surface area contributed by atoms with Gasteiger partial charge in [-0.05, 0) is 19.1 Å². The maximum Gasteiger partial charge on any atom is 0.225 e. The van der Waals surface area contributed by atoms with Gasteiger partial charge in [0, 0.05) is 6.42 Å². The van der Waals surface area contributed by atoms with Crippen LogP contribution >= 0.6 is 0 Å².